The normalized spacial score (nSPS) is 20.3. The van der Waals surface area contributed by atoms with E-state index in [1.165, 1.54) is 0 Å². The van der Waals surface area contributed by atoms with Crippen LogP contribution in [0.25, 0.3) is 0 Å². The number of hydrogen-bond acceptors (Lipinski definition) is 2. The summed E-state index contributed by atoms with van der Waals surface area (Å²) in [6.07, 6.45) is 9.44. The number of carbonyl (C=O) groups is 2. The van der Waals surface area contributed by atoms with E-state index in [9.17, 15) is 9.59 Å². The van der Waals surface area contributed by atoms with Crippen molar-refractivity contribution in [2.45, 2.75) is 45.4 Å². The summed E-state index contributed by atoms with van der Waals surface area (Å²) in [4.78, 5) is 24.0. The molecule has 1 aliphatic carbocycles. The van der Waals surface area contributed by atoms with E-state index in [2.05, 4.69) is 6.58 Å². The van der Waals surface area contributed by atoms with Gasteiger partial charge in [-0.05, 0) is 25.7 Å². The first-order chi connectivity index (χ1) is 7.67. The van der Waals surface area contributed by atoms with Crippen LogP contribution in [0.3, 0.4) is 0 Å². The molecule has 88 valence electrons. The van der Waals surface area contributed by atoms with E-state index in [0.29, 0.717) is 32.1 Å². The van der Waals surface area contributed by atoms with Gasteiger partial charge in [0.2, 0.25) is 0 Å². The van der Waals surface area contributed by atoms with Crippen molar-refractivity contribution in [2.75, 3.05) is 0 Å². The molecule has 0 aromatic heterocycles. The second kappa shape index (κ2) is 5.78. The molecular weight excluding hydrogens is 200 g/mol. The first-order valence-electron chi connectivity index (χ1n) is 6.00. The van der Waals surface area contributed by atoms with E-state index in [4.69, 9.17) is 0 Å². The molecule has 1 saturated carbocycles. The van der Waals surface area contributed by atoms with Gasteiger partial charge in [0.15, 0.2) is 0 Å². The van der Waals surface area contributed by atoms with Crippen LogP contribution in [0.1, 0.15) is 45.4 Å². The third-order valence-corrected chi connectivity index (χ3v) is 3.24. The Labute approximate surface area is 97.4 Å². The molecule has 0 bridgehead atoms. The van der Waals surface area contributed by atoms with Gasteiger partial charge in [0.1, 0.15) is 11.6 Å². The number of allylic oxidation sites excluding steroid dienone is 3. The van der Waals surface area contributed by atoms with Gasteiger partial charge in [-0.25, -0.2) is 0 Å². The molecular formula is C14H20O2. The SMILES string of the molecule is C=CCC1(C/C=C/CC)C(=O)CCCC1=O. The van der Waals surface area contributed by atoms with Gasteiger partial charge in [-0.3, -0.25) is 9.59 Å². The van der Waals surface area contributed by atoms with E-state index < -0.39 is 5.41 Å². The second-order valence-corrected chi connectivity index (χ2v) is 4.36. The molecule has 1 fully saturated rings. The van der Waals surface area contributed by atoms with E-state index in [1.807, 2.05) is 19.1 Å². The lowest BCUT2D eigenvalue weighted by molar-refractivity contribution is -0.143. The number of rotatable bonds is 5. The summed E-state index contributed by atoms with van der Waals surface area (Å²) in [6, 6.07) is 0. The Hall–Kier alpha value is -1.18. The summed E-state index contributed by atoms with van der Waals surface area (Å²) in [5.41, 5.74) is -0.786. The molecule has 1 rings (SSSR count). The molecule has 0 aromatic rings. The maximum absolute atomic E-state index is 12.0. The molecule has 0 N–H and O–H groups in total. The summed E-state index contributed by atoms with van der Waals surface area (Å²) in [5, 5.41) is 0. The summed E-state index contributed by atoms with van der Waals surface area (Å²) < 4.78 is 0. The van der Waals surface area contributed by atoms with Crippen LogP contribution in [-0.2, 0) is 9.59 Å². The number of ketones is 2. The van der Waals surface area contributed by atoms with Crippen molar-refractivity contribution in [3.8, 4) is 0 Å². The van der Waals surface area contributed by atoms with Gasteiger partial charge in [-0.15, -0.1) is 6.58 Å². The van der Waals surface area contributed by atoms with Crippen LogP contribution in [0.4, 0.5) is 0 Å². The molecule has 0 spiro atoms. The van der Waals surface area contributed by atoms with Crippen molar-refractivity contribution in [2.24, 2.45) is 5.41 Å². The van der Waals surface area contributed by atoms with E-state index >= 15 is 0 Å². The highest BCUT2D eigenvalue weighted by atomic mass is 16.2. The lowest BCUT2D eigenvalue weighted by Gasteiger charge is -2.32. The summed E-state index contributed by atoms with van der Waals surface area (Å²) in [7, 11) is 0. The molecule has 2 nitrogen and oxygen atoms in total. The Morgan fingerprint density at radius 2 is 1.81 bits per heavy atom. The number of carbonyl (C=O) groups excluding carboxylic acids is 2. The van der Waals surface area contributed by atoms with Crippen molar-refractivity contribution in [3.05, 3.63) is 24.8 Å². The lowest BCUT2D eigenvalue weighted by Crippen LogP contribution is -2.41. The first kappa shape index (κ1) is 12.9. The average Bonchev–Trinajstić information content (AvgIpc) is 2.26. The standard InChI is InChI=1S/C14H20O2/c1-3-5-6-11-14(10-4-2)12(15)8-7-9-13(14)16/h4-6H,2-3,7-11H2,1H3/b6-5+. The minimum Gasteiger partial charge on any atom is -0.299 e. The van der Waals surface area contributed by atoms with Crippen molar-refractivity contribution >= 4 is 11.6 Å². The molecule has 0 saturated heterocycles. The molecule has 2 heteroatoms. The van der Waals surface area contributed by atoms with Crippen LogP contribution in [0.15, 0.2) is 24.8 Å². The molecule has 0 radical (unpaired) electrons. The zero-order chi connectivity index (χ0) is 12.0. The predicted octanol–water partition coefficient (Wildman–Crippen LogP) is 3.23. The second-order valence-electron chi connectivity index (χ2n) is 4.36. The molecule has 0 atom stereocenters. The van der Waals surface area contributed by atoms with Crippen LogP contribution < -0.4 is 0 Å². The van der Waals surface area contributed by atoms with Gasteiger partial charge < -0.3 is 0 Å². The fraction of sp³-hybridized carbons (Fsp3) is 0.571. The van der Waals surface area contributed by atoms with Crippen molar-refractivity contribution in [1.29, 1.82) is 0 Å². The Kier molecular flexibility index (Phi) is 4.66. The predicted molar refractivity (Wildman–Crippen MR) is 65.2 cm³/mol. The van der Waals surface area contributed by atoms with Gasteiger partial charge in [0.05, 0.1) is 5.41 Å². The van der Waals surface area contributed by atoms with Crippen molar-refractivity contribution < 1.29 is 9.59 Å². The van der Waals surface area contributed by atoms with Gasteiger partial charge in [0, 0.05) is 12.8 Å². The minimum atomic E-state index is -0.786. The first-order valence-corrected chi connectivity index (χ1v) is 6.00. The largest absolute Gasteiger partial charge is 0.299 e. The van der Waals surface area contributed by atoms with Crippen LogP contribution in [-0.4, -0.2) is 11.6 Å². The number of hydrogen-bond donors (Lipinski definition) is 0. The zero-order valence-electron chi connectivity index (χ0n) is 10.00. The summed E-state index contributed by atoms with van der Waals surface area (Å²) in [6.45, 7) is 5.71. The van der Waals surface area contributed by atoms with Crippen LogP contribution in [0.2, 0.25) is 0 Å². The molecule has 0 aliphatic heterocycles. The maximum atomic E-state index is 12.0. The van der Waals surface area contributed by atoms with E-state index in [1.54, 1.807) is 6.08 Å². The minimum absolute atomic E-state index is 0.101. The fourth-order valence-electron chi connectivity index (χ4n) is 2.28. The Morgan fingerprint density at radius 3 is 2.31 bits per heavy atom. The Bertz CT molecular complexity index is 297. The van der Waals surface area contributed by atoms with E-state index in [0.717, 1.165) is 6.42 Å². The average molecular weight is 220 g/mol. The molecule has 16 heavy (non-hydrogen) atoms. The number of Topliss-reactive ketones (excluding diaryl/α,β-unsaturated/α-hetero) is 2. The van der Waals surface area contributed by atoms with Gasteiger partial charge in [-0.2, -0.15) is 0 Å². The fourth-order valence-corrected chi connectivity index (χ4v) is 2.28. The van der Waals surface area contributed by atoms with Crippen LogP contribution in [0, 0.1) is 5.41 Å². The molecule has 1 aliphatic rings. The molecule has 0 unspecified atom stereocenters. The highest BCUT2D eigenvalue weighted by molar-refractivity contribution is 6.09. The smallest absolute Gasteiger partial charge is 0.147 e. The third kappa shape index (κ3) is 2.49. The lowest BCUT2D eigenvalue weighted by atomic mass is 9.67. The van der Waals surface area contributed by atoms with Gasteiger partial charge >= 0.3 is 0 Å². The quantitative estimate of drug-likeness (QED) is 0.526. The topological polar surface area (TPSA) is 34.1 Å². The molecule has 0 amide bonds. The Morgan fingerprint density at radius 1 is 1.19 bits per heavy atom. The zero-order valence-corrected chi connectivity index (χ0v) is 10.00. The maximum Gasteiger partial charge on any atom is 0.147 e. The van der Waals surface area contributed by atoms with Crippen LogP contribution >= 0.6 is 0 Å². The molecule has 0 heterocycles. The highest BCUT2D eigenvalue weighted by Gasteiger charge is 2.44. The molecule has 0 aromatic carbocycles. The summed E-state index contributed by atoms with van der Waals surface area (Å²) in [5.74, 6) is 0.203. The Balaban J connectivity index is 2.91. The third-order valence-electron chi connectivity index (χ3n) is 3.24. The van der Waals surface area contributed by atoms with Crippen LogP contribution in [0.5, 0.6) is 0 Å². The highest BCUT2D eigenvalue weighted by Crippen LogP contribution is 2.37. The van der Waals surface area contributed by atoms with Gasteiger partial charge in [0.25, 0.3) is 0 Å². The van der Waals surface area contributed by atoms with Crippen molar-refractivity contribution in [3.63, 3.8) is 0 Å². The monoisotopic (exact) mass is 220 g/mol. The summed E-state index contributed by atoms with van der Waals surface area (Å²) >= 11 is 0. The van der Waals surface area contributed by atoms with Crippen molar-refractivity contribution in [1.82, 2.24) is 0 Å². The van der Waals surface area contributed by atoms with Gasteiger partial charge in [-0.1, -0.05) is 25.2 Å². The van der Waals surface area contributed by atoms with E-state index in [-0.39, 0.29) is 11.6 Å².